The van der Waals surface area contributed by atoms with Gasteiger partial charge in [-0.1, -0.05) is 12.1 Å². The summed E-state index contributed by atoms with van der Waals surface area (Å²) in [5.74, 6) is 0.0857. The third-order valence-electron chi connectivity index (χ3n) is 7.26. The van der Waals surface area contributed by atoms with Crippen LogP contribution in [-0.2, 0) is 4.74 Å². The molecule has 7 heteroatoms. The molecule has 180 valence electrons. The molecule has 0 saturated carbocycles. The van der Waals surface area contributed by atoms with E-state index >= 15 is 0 Å². The van der Waals surface area contributed by atoms with Gasteiger partial charge in [-0.15, -0.1) is 0 Å². The van der Waals surface area contributed by atoms with E-state index in [0.717, 1.165) is 42.4 Å². The Balaban J connectivity index is 1.38. The fraction of sp³-hybridized carbons (Fsp3) is 0.615. The van der Waals surface area contributed by atoms with E-state index in [0.29, 0.717) is 45.1 Å². The Morgan fingerprint density at radius 1 is 1.24 bits per heavy atom. The van der Waals surface area contributed by atoms with Crippen LogP contribution in [0.1, 0.15) is 61.5 Å². The summed E-state index contributed by atoms with van der Waals surface area (Å²) in [6.45, 7) is 10.3. The predicted molar refractivity (Wildman–Crippen MR) is 130 cm³/mol. The van der Waals surface area contributed by atoms with Crippen molar-refractivity contribution in [2.24, 2.45) is 5.92 Å². The fourth-order valence-corrected chi connectivity index (χ4v) is 5.19. The number of β-amino-alcohol motifs (C(OH)–C–C–N with tert-alkyl or cyclic N) is 1. The molecule has 1 aromatic heterocycles. The molecular formula is C26H37N3O4. The number of benzene rings is 1. The number of carbonyl (C=O) groups is 1. The SMILES string of the molecule is Cc1cccc2c1cc(C(=O)NCC1CCN(CC3(O)CCOCC3)CC1)c(=O)n2C(C)C. The molecule has 2 aliphatic heterocycles. The van der Waals surface area contributed by atoms with Gasteiger partial charge in [0.2, 0.25) is 0 Å². The molecule has 2 N–H and O–H groups in total. The molecule has 1 aromatic carbocycles. The van der Waals surface area contributed by atoms with Crippen LogP contribution in [0.4, 0.5) is 0 Å². The van der Waals surface area contributed by atoms with Crippen LogP contribution in [0.2, 0.25) is 0 Å². The highest BCUT2D eigenvalue weighted by Crippen LogP contribution is 2.25. The second kappa shape index (κ2) is 9.95. The van der Waals surface area contributed by atoms with Crippen LogP contribution >= 0.6 is 0 Å². The number of amides is 1. The summed E-state index contributed by atoms with van der Waals surface area (Å²) in [7, 11) is 0. The monoisotopic (exact) mass is 455 g/mol. The van der Waals surface area contributed by atoms with Crippen LogP contribution in [0.15, 0.2) is 29.1 Å². The van der Waals surface area contributed by atoms with E-state index in [1.165, 1.54) is 0 Å². The average molecular weight is 456 g/mol. The molecule has 0 spiro atoms. The van der Waals surface area contributed by atoms with E-state index in [1.54, 1.807) is 10.6 Å². The summed E-state index contributed by atoms with van der Waals surface area (Å²) in [5.41, 5.74) is 1.26. The molecule has 0 unspecified atom stereocenters. The topological polar surface area (TPSA) is 83.8 Å². The first-order valence-electron chi connectivity index (χ1n) is 12.2. The number of nitrogens with zero attached hydrogens (tertiary/aromatic N) is 2. The van der Waals surface area contributed by atoms with Crippen molar-refractivity contribution < 1.29 is 14.6 Å². The van der Waals surface area contributed by atoms with Crippen molar-refractivity contribution in [1.82, 2.24) is 14.8 Å². The Labute approximate surface area is 195 Å². The van der Waals surface area contributed by atoms with Crippen LogP contribution in [-0.4, -0.2) is 65.5 Å². The molecule has 7 nitrogen and oxygen atoms in total. The number of carbonyl (C=O) groups excluding carboxylic acids is 1. The van der Waals surface area contributed by atoms with Crippen molar-refractivity contribution in [3.05, 3.63) is 45.7 Å². The van der Waals surface area contributed by atoms with E-state index in [-0.39, 0.29) is 23.1 Å². The van der Waals surface area contributed by atoms with E-state index in [1.807, 2.05) is 39.0 Å². The molecule has 0 aliphatic carbocycles. The van der Waals surface area contributed by atoms with Crippen LogP contribution in [0.3, 0.4) is 0 Å². The third-order valence-corrected chi connectivity index (χ3v) is 7.26. The van der Waals surface area contributed by atoms with Crippen molar-refractivity contribution >= 4 is 16.8 Å². The Kier molecular flexibility index (Phi) is 7.22. The van der Waals surface area contributed by atoms with Gasteiger partial charge in [0.25, 0.3) is 11.5 Å². The highest BCUT2D eigenvalue weighted by molar-refractivity contribution is 5.98. The molecule has 2 saturated heterocycles. The van der Waals surface area contributed by atoms with Crippen LogP contribution in [0.5, 0.6) is 0 Å². The van der Waals surface area contributed by atoms with E-state index in [4.69, 9.17) is 4.74 Å². The number of rotatable bonds is 6. The summed E-state index contributed by atoms with van der Waals surface area (Å²) in [6.07, 6.45) is 3.34. The third kappa shape index (κ3) is 5.31. The number of piperidine rings is 1. The zero-order chi connectivity index (χ0) is 23.6. The second-order valence-corrected chi connectivity index (χ2v) is 10.1. The van der Waals surface area contributed by atoms with E-state index < -0.39 is 5.60 Å². The highest BCUT2D eigenvalue weighted by atomic mass is 16.5. The van der Waals surface area contributed by atoms with Crippen molar-refractivity contribution in [1.29, 1.82) is 0 Å². The lowest BCUT2D eigenvalue weighted by Gasteiger charge is -2.39. The Morgan fingerprint density at radius 3 is 2.61 bits per heavy atom. The number of likely N-dealkylation sites (tertiary alicyclic amines) is 1. The maximum Gasteiger partial charge on any atom is 0.264 e. The van der Waals surface area contributed by atoms with Crippen molar-refractivity contribution in [3.63, 3.8) is 0 Å². The number of hydrogen-bond donors (Lipinski definition) is 2. The number of fused-ring (bicyclic) bond motifs is 1. The minimum Gasteiger partial charge on any atom is -0.388 e. The van der Waals surface area contributed by atoms with Crippen molar-refractivity contribution in [3.8, 4) is 0 Å². The lowest BCUT2D eigenvalue weighted by atomic mass is 9.91. The average Bonchev–Trinajstić information content (AvgIpc) is 2.78. The number of aryl methyl sites for hydroxylation is 1. The zero-order valence-electron chi connectivity index (χ0n) is 20.1. The number of aliphatic hydroxyl groups is 1. The smallest absolute Gasteiger partial charge is 0.264 e. The van der Waals surface area contributed by atoms with Gasteiger partial charge >= 0.3 is 0 Å². The summed E-state index contributed by atoms with van der Waals surface area (Å²) in [4.78, 5) is 28.5. The van der Waals surface area contributed by atoms with Gasteiger partial charge in [0.05, 0.1) is 11.1 Å². The molecule has 0 atom stereocenters. The number of hydrogen-bond acceptors (Lipinski definition) is 5. The Hall–Kier alpha value is -2.22. The van der Waals surface area contributed by atoms with E-state index in [9.17, 15) is 14.7 Å². The van der Waals surface area contributed by atoms with Gasteiger partial charge in [-0.25, -0.2) is 0 Å². The minimum atomic E-state index is -0.635. The molecule has 0 radical (unpaired) electrons. The normalized spacial score (nSPS) is 19.8. The summed E-state index contributed by atoms with van der Waals surface area (Å²) in [5, 5.41) is 14.7. The number of ether oxygens (including phenoxy) is 1. The van der Waals surface area contributed by atoms with Gasteiger partial charge in [0, 0.05) is 50.6 Å². The van der Waals surface area contributed by atoms with Gasteiger partial charge in [-0.05, 0) is 70.3 Å². The van der Waals surface area contributed by atoms with Crippen LogP contribution < -0.4 is 10.9 Å². The maximum atomic E-state index is 13.2. The summed E-state index contributed by atoms with van der Waals surface area (Å²) >= 11 is 0. The number of nitrogens with one attached hydrogen (secondary N) is 1. The summed E-state index contributed by atoms with van der Waals surface area (Å²) < 4.78 is 7.10. The van der Waals surface area contributed by atoms with Gasteiger partial charge in [0.15, 0.2) is 0 Å². The lowest BCUT2D eigenvalue weighted by molar-refractivity contribution is -0.0829. The second-order valence-electron chi connectivity index (χ2n) is 10.1. The minimum absolute atomic E-state index is 0.0376. The van der Waals surface area contributed by atoms with Crippen molar-refractivity contribution in [2.75, 3.05) is 39.4 Å². The van der Waals surface area contributed by atoms with Gasteiger partial charge < -0.3 is 24.6 Å². The van der Waals surface area contributed by atoms with Gasteiger partial charge in [-0.2, -0.15) is 0 Å². The Morgan fingerprint density at radius 2 is 1.94 bits per heavy atom. The number of aromatic nitrogens is 1. The predicted octanol–water partition coefficient (Wildman–Crippen LogP) is 2.87. The first-order chi connectivity index (χ1) is 15.8. The molecule has 2 aliphatic rings. The molecule has 0 bridgehead atoms. The van der Waals surface area contributed by atoms with Crippen LogP contribution in [0, 0.1) is 12.8 Å². The molecule has 3 heterocycles. The molecular weight excluding hydrogens is 418 g/mol. The number of pyridine rings is 1. The standard InChI is InChI=1S/C26H37N3O4/c1-18(2)29-23-6-4-5-19(3)21(23)15-22(25(29)31)24(30)27-16-20-7-11-28(12-8-20)17-26(32)9-13-33-14-10-26/h4-6,15,18,20,32H,7-14,16-17H2,1-3H3,(H,27,30). The van der Waals surface area contributed by atoms with Crippen molar-refractivity contribution in [2.45, 2.75) is 58.1 Å². The van der Waals surface area contributed by atoms with Gasteiger partial charge in [-0.3, -0.25) is 9.59 Å². The van der Waals surface area contributed by atoms with Gasteiger partial charge in [0.1, 0.15) is 5.56 Å². The first kappa shape index (κ1) is 23.9. The zero-order valence-corrected chi connectivity index (χ0v) is 20.1. The highest BCUT2D eigenvalue weighted by Gasteiger charge is 2.33. The quantitative estimate of drug-likeness (QED) is 0.700. The first-order valence-corrected chi connectivity index (χ1v) is 12.2. The fourth-order valence-electron chi connectivity index (χ4n) is 5.19. The molecule has 4 rings (SSSR count). The van der Waals surface area contributed by atoms with Crippen LogP contribution in [0.25, 0.3) is 10.9 Å². The molecule has 33 heavy (non-hydrogen) atoms. The molecule has 2 aromatic rings. The largest absolute Gasteiger partial charge is 0.388 e. The Bertz CT molecular complexity index is 1050. The maximum absolute atomic E-state index is 13.2. The molecule has 2 fully saturated rings. The summed E-state index contributed by atoms with van der Waals surface area (Å²) in [6, 6.07) is 7.60. The molecule has 1 amide bonds. The van der Waals surface area contributed by atoms with E-state index in [2.05, 4.69) is 10.2 Å². The lowest BCUT2D eigenvalue weighted by Crippen LogP contribution is -2.49.